The molecule has 1 atom stereocenters. The van der Waals surface area contributed by atoms with Gasteiger partial charge in [-0.15, -0.1) is 0 Å². The fraction of sp³-hybridized carbons (Fsp3) is 0.875. The first kappa shape index (κ1) is 9.48. The molecule has 0 amide bonds. The molecule has 0 aromatic rings. The van der Waals surface area contributed by atoms with Crippen LogP contribution in [0.5, 0.6) is 0 Å². The van der Waals surface area contributed by atoms with E-state index in [2.05, 4.69) is 0 Å². The van der Waals surface area contributed by atoms with Crippen molar-refractivity contribution in [2.24, 2.45) is 5.92 Å². The summed E-state index contributed by atoms with van der Waals surface area (Å²) in [6.45, 7) is 2.18. The predicted octanol–water partition coefficient (Wildman–Crippen LogP) is 0.558. The van der Waals surface area contributed by atoms with E-state index in [1.807, 2.05) is 0 Å². The van der Waals surface area contributed by atoms with Crippen molar-refractivity contribution in [1.82, 2.24) is 0 Å². The second kappa shape index (κ2) is 3.41. The molecule has 0 radical (unpaired) electrons. The molecule has 1 aliphatic carbocycles. The van der Waals surface area contributed by atoms with Gasteiger partial charge in [0.25, 0.3) is 0 Å². The van der Waals surface area contributed by atoms with Gasteiger partial charge in [0.1, 0.15) is 5.92 Å². The highest BCUT2D eigenvalue weighted by molar-refractivity contribution is 5.77. The Morgan fingerprint density at radius 1 is 1.50 bits per heavy atom. The van der Waals surface area contributed by atoms with Crippen molar-refractivity contribution in [2.75, 3.05) is 20.8 Å². The van der Waals surface area contributed by atoms with Crippen LogP contribution in [-0.4, -0.2) is 32.6 Å². The second-order valence-corrected chi connectivity index (χ2v) is 2.73. The van der Waals surface area contributed by atoms with Crippen molar-refractivity contribution in [2.45, 2.75) is 19.1 Å². The average molecular weight is 174 g/mol. The van der Waals surface area contributed by atoms with Crippen molar-refractivity contribution < 1.29 is 19.0 Å². The van der Waals surface area contributed by atoms with Crippen LogP contribution in [0.2, 0.25) is 0 Å². The molecular formula is C8H14O4. The molecule has 70 valence electrons. The number of esters is 1. The molecule has 0 heterocycles. The summed E-state index contributed by atoms with van der Waals surface area (Å²) in [5, 5.41) is 0. The Balaban J connectivity index is 2.43. The minimum absolute atomic E-state index is 0.235. The first-order chi connectivity index (χ1) is 5.70. The first-order valence-electron chi connectivity index (χ1n) is 3.97. The van der Waals surface area contributed by atoms with E-state index >= 15 is 0 Å². The molecule has 0 aliphatic heterocycles. The van der Waals surface area contributed by atoms with E-state index in [0.717, 1.165) is 0 Å². The zero-order valence-corrected chi connectivity index (χ0v) is 7.62. The molecule has 4 heteroatoms. The van der Waals surface area contributed by atoms with Crippen molar-refractivity contribution in [3.63, 3.8) is 0 Å². The number of carbonyl (C=O) groups excluding carboxylic acids is 1. The van der Waals surface area contributed by atoms with E-state index in [4.69, 9.17) is 14.2 Å². The van der Waals surface area contributed by atoms with Crippen LogP contribution in [-0.2, 0) is 19.0 Å². The topological polar surface area (TPSA) is 44.8 Å². The molecular weight excluding hydrogens is 160 g/mol. The molecule has 12 heavy (non-hydrogen) atoms. The fourth-order valence-electron chi connectivity index (χ4n) is 1.27. The maximum absolute atomic E-state index is 11.2. The molecule has 0 unspecified atom stereocenters. The van der Waals surface area contributed by atoms with Gasteiger partial charge in [-0.25, -0.2) is 0 Å². The van der Waals surface area contributed by atoms with E-state index < -0.39 is 5.79 Å². The van der Waals surface area contributed by atoms with Crippen LogP contribution >= 0.6 is 0 Å². The largest absolute Gasteiger partial charge is 0.466 e. The predicted molar refractivity (Wildman–Crippen MR) is 41.5 cm³/mol. The molecule has 0 aromatic heterocycles. The highest BCUT2D eigenvalue weighted by atomic mass is 16.7. The molecule has 1 aliphatic rings. The highest BCUT2D eigenvalue weighted by Gasteiger charge is 2.61. The Bertz CT molecular complexity index is 174. The van der Waals surface area contributed by atoms with Gasteiger partial charge >= 0.3 is 5.97 Å². The lowest BCUT2D eigenvalue weighted by Crippen LogP contribution is -2.22. The van der Waals surface area contributed by atoms with E-state index in [1.165, 1.54) is 14.2 Å². The molecule has 4 nitrogen and oxygen atoms in total. The summed E-state index contributed by atoms with van der Waals surface area (Å²) in [7, 11) is 3.06. The Hall–Kier alpha value is -0.610. The van der Waals surface area contributed by atoms with Gasteiger partial charge < -0.3 is 14.2 Å². The Morgan fingerprint density at radius 2 is 2.08 bits per heavy atom. The molecule has 0 bridgehead atoms. The Labute approximate surface area is 71.8 Å². The third kappa shape index (κ3) is 1.44. The maximum atomic E-state index is 11.2. The van der Waals surface area contributed by atoms with Crippen molar-refractivity contribution >= 4 is 5.97 Å². The quantitative estimate of drug-likeness (QED) is 0.461. The van der Waals surface area contributed by atoms with E-state index in [-0.39, 0.29) is 11.9 Å². The lowest BCUT2D eigenvalue weighted by Gasteiger charge is -2.12. The number of rotatable bonds is 4. The standard InChI is InChI=1S/C8H14O4/c1-4-12-7(9)6-5-8(6,10-2)11-3/h6H,4-5H2,1-3H3/t6-/m0/s1. The van der Waals surface area contributed by atoms with Gasteiger partial charge in [0.2, 0.25) is 0 Å². The zero-order chi connectivity index (χ0) is 9.19. The monoisotopic (exact) mass is 174 g/mol. The molecule has 0 N–H and O–H groups in total. The van der Waals surface area contributed by atoms with Crippen LogP contribution in [0.15, 0.2) is 0 Å². The lowest BCUT2D eigenvalue weighted by atomic mass is 10.4. The van der Waals surface area contributed by atoms with Crippen LogP contribution in [0.4, 0.5) is 0 Å². The number of methoxy groups -OCH3 is 2. The SMILES string of the molecule is CCOC(=O)[C@@H]1CC1(OC)OC. The third-order valence-electron chi connectivity index (χ3n) is 2.12. The van der Waals surface area contributed by atoms with Crippen LogP contribution in [0.3, 0.4) is 0 Å². The molecule has 1 saturated carbocycles. The van der Waals surface area contributed by atoms with Crippen molar-refractivity contribution in [3.05, 3.63) is 0 Å². The van der Waals surface area contributed by atoms with Crippen LogP contribution in [0.1, 0.15) is 13.3 Å². The van der Waals surface area contributed by atoms with Gasteiger partial charge in [0, 0.05) is 20.6 Å². The average Bonchev–Trinajstić information content (AvgIpc) is 2.80. The summed E-state index contributed by atoms with van der Waals surface area (Å²) in [6, 6.07) is 0. The second-order valence-electron chi connectivity index (χ2n) is 2.73. The normalized spacial score (nSPS) is 25.1. The highest BCUT2D eigenvalue weighted by Crippen LogP contribution is 2.47. The van der Waals surface area contributed by atoms with Gasteiger partial charge in [-0.3, -0.25) is 4.79 Å². The van der Waals surface area contributed by atoms with Crippen LogP contribution in [0, 0.1) is 5.92 Å². The number of hydrogen-bond donors (Lipinski definition) is 0. The number of ether oxygens (including phenoxy) is 3. The summed E-state index contributed by atoms with van der Waals surface area (Å²) >= 11 is 0. The lowest BCUT2D eigenvalue weighted by molar-refractivity contribution is -0.165. The minimum atomic E-state index is -0.702. The van der Waals surface area contributed by atoms with E-state index in [9.17, 15) is 4.79 Å². The summed E-state index contributed by atoms with van der Waals surface area (Å²) < 4.78 is 14.9. The molecule has 1 rings (SSSR count). The van der Waals surface area contributed by atoms with Gasteiger partial charge in [-0.1, -0.05) is 0 Å². The summed E-state index contributed by atoms with van der Waals surface area (Å²) in [4.78, 5) is 11.2. The van der Waals surface area contributed by atoms with E-state index in [1.54, 1.807) is 6.92 Å². The zero-order valence-electron chi connectivity index (χ0n) is 7.62. The first-order valence-corrected chi connectivity index (χ1v) is 3.97. The van der Waals surface area contributed by atoms with Gasteiger partial charge in [-0.2, -0.15) is 0 Å². The summed E-state index contributed by atoms with van der Waals surface area (Å²) in [6.07, 6.45) is 0.596. The molecule has 0 saturated heterocycles. The van der Waals surface area contributed by atoms with Crippen molar-refractivity contribution in [1.29, 1.82) is 0 Å². The fourth-order valence-corrected chi connectivity index (χ4v) is 1.27. The third-order valence-corrected chi connectivity index (χ3v) is 2.12. The summed E-state index contributed by atoms with van der Waals surface area (Å²) in [5.41, 5.74) is 0. The number of carbonyl (C=O) groups is 1. The van der Waals surface area contributed by atoms with E-state index in [0.29, 0.717) is 13.0 Å². The van der Waals surface area contributed by atoms with Crippen LogP contribution in [0.25, 0.3) is 0 Å². The Kier molecular flexibility index (Phi) is 2.69. The van der Waals surface area contributed by atoms with Gasteiger partial charge in [0.05, 0.1) is 6.61 Å². The molecule has 0 spiro atoms. The Morgan fingerprint density at radius 3 is 2.42 bits per heavy atom. The summed E-state index contributed by atoms with van der Waals surface area (Å²) in [5.74, 6) is -1.18. The minimum Gasteiger partial charge on any atom is -0.466 e. The molecule has 0 aromatic carbocycles. The molecule has 1 fully saturated rings. The van der Waals surface area contributed by atoms with Gasteiger partial charge in [0.15, 0.2) is 5.79 Å². The smallest absolute Gasteiger partial charge is 0.314 e. The maximum Gasteiger partial charge on any atom is 0.314 e. The van der Waals surface area contributed by atoms with Crippen LogP contribution < -0.4 is 0 Å². The van der Waals surface area contributed by atoms with Crippen molar-refractivity contribution in [3.8, 4) is 0 Å². The number of hydrogen-bond acceptors (Lipinski definition) is 4. The van der Waals surface area contributed by atoms with Gasteiger partial charge in [-0.05, 0) is 6.92 Å².